The molecule has 29 heavy (non-hydrogen) atoms. The predicted octanol–water partition coefficient (Wildman–Crippen LogP) is 5.34. The summed E-state index contributed by atoms with van der Waals surface area (Å²) in [5, 5.41) is 13.8. The van der Waals surface area contributed by atoms with Crippen molar-refractivity contribution in [1.82, 2.24) is 5.16 Å². The lowest BCUT2D eigenvalue weighted by Crippen LogP contribution is -2.40. The third-order valence-corrected chi connectivity index (χ3v) is 5.19. The van der Waals surface area contributed by atoms with E-state index in [9.17, 15) is 10.1 Å². The average Bonchev–Trinajstić information content (AvgIpc) is 3.13. The average molecular weight is 383 g/mol. The Morgan fingerprint density at radius 1 is 1.21 bits per heavy atom. The molecular formula is C24H21N3O2. The molecule has 1 atom stereocenters. The number of anilines is 1. The van der Waals surface area contributed by atoms with Crippen LogP contribution in [0.15, 0.2) is 59.1 Å². The zero-order valence-electron chi connectivity index (χ0n) is 16.6. The largest absolute Gasteiger partial charge is 0.360 e. The van der Waals surface area contributed by atoms with Crippen molar-refractivity contribution in [2.24, 2.45) is 0 Å². The Morgan fingerprint density at radius 3 is 2.66 bits per heavy atom. The minimum absolute atomic E-state index is 0.294. The van der Waals surface area contributed by atoms with Gasteiger partial charge in [-0.1, -0.05) is 61.5 Å². The molecule has 0 saturated heterocycles. The van der Waals surface area contributed by atoms with Gasteiger partial charge in [0.25, 0.3) is 5.91 Å². The number of hydrogen-bond acceptors (Lipinski definition) is 4. The summed E-state index contributed by atoms with van der Waals surface area (Å²) < 4.78 is 5.37. The summed E-state index contributed by atoms with van der Waals surface area (Å²) in [5.74, 6) is 0.508. The van der Waals surface area contributed by atoms with E-state index in [-0.39, 0.29) is 5.91 Å². The quantitative estimate of drug-likeness (QED) is 0.612. The van der Waals surface area contributed by atoms with Crippen LogP contribution in [0.1, 0.15) is 47.0 Å². The fourth-order valence-corrected chi connectivity index (χ4v) is 3.59. The molecule has 5 heteroatoms. The molecule has 5 nitrogen and oxygen atoms in total. The Kier molecular flexibility index (Phi) is 4.77. The Morgan fingerprint density at radius 2 is 1.97 bits per heavy atom. The summed E-state index contributed by atoms with van der Waals surface area (Å²) in [7, 11) is 0. The number of nitriles is 1. The second-order valence-corrected chi connectivity index (χ2v) is 7.41. The van der Waals surface area contributed by atoms with E-state index in [1.165, 1.54) is 10.5 Å². The smallest absolute Gasteiger partial charge is 0.265 e. The van der Waals surface area contributed by atoms with Gasteiger partial charge in [0.15, 0.2) is 0 Å². The lowest BCUT2D eigenvalue weighted by molar-refractivity contribution is 0.0984. The van der Waals surface area contributed by atoms with Crippen molar-refractivity contribution in [3.8, 4) is 17.3 Å². The summed E-state index contributed by atoms with van der Waals surface area (Å²) in [6, 6.07) is 17.0. The van der Waals surface area contributed by atoms with Gasteiger partial charge in [-0.15, -0.1) is 0 Å². The summed E-state index contributed by atoms with van der Waals surface area (Å²) in [4.78, 5) is 15.2. The van der Waals surface area contributed by atoms with Gasteiger partial charge in [-0.2, -0.15) is 5.26 Å². The third-order valence-electron chi connectivity index (χ3n) is 5.19. The molecule has 0 saturated carbocycles. The lowest BCUT2D eigenvalue weighted by Gasteiger charge is -2.30. The normalized spacial score (nSPS) is 15.3. The first-order valence-electron chi connectivity index (χ1n) is 9.58. The maximum absolute atomic E-state index is 13.7. The highest BCUT2D eigenvalue weighted by Gasteiger charge is 2.33. The van der Waals surface area contributed by atoms with Gasteiger partial charge in [-0.05, 0) is 42.2 Å². The molecule has 0 radical (unpaired) electrons. The number of fused-ring (bicyclic) bond motifs is 1. The minimum atomic E-state index is -0.696. The molecule has 0 spiro atoms. The Balaban J connectivity index is 1.83. The van der Waals surface area contributed by atoms with Crippen LogP contribution in [0.2, 0.25) is 0 Å². The van der Waals surface area contributed by atoms with Crippen molar-refractivity contribution in [3.05, 3.63) is 77.1 Å². The lowest BCUT2D eigenvalue weighted by atomic mass is 9.95. The highest BCUT2D eigenvalue weighted by Crippen LogP contribution is 2.35. The van der Waals surface area contributed by atoms with Gasteiger partial charge in [-0.25, -0.2) is 0 Å². The van der Waals surface area contributed by atoms with Crippen LogP contribution in [0, 0.1) is 18.3 Å². The van der Waals surface area contributed by atoms with Crippen molar-refractivity contribution in [3.63, 3.8) is 0 Å². The number of benzene rings is 2. The van der Waals surface area contributed by atoms with Crippen molar-refractivity contribution in [2.45, 2.75) is 32.7 Å². The number of hydrogen-bond donors (Lipinski definition) is 0. The molecule has 0 N–H and O–H groups in total. The van der Waals surface area contributed by atoms with Crippen LogP contribution in [0.3, 0.4) is 0 Å². The Hall–Kier alpha value is -3.65. The summed E-state index contributed by atoms with van der Waals surface area (Å²) >= 11 is 0. The molecule has 1 aliphatic rings. The first-order valence-corrected chi connectivity index (χ1v) is 9.58. The van der Waals surface area contributed by atoms with Crippen LogP contribution < -0.4 is 4.90 Å². The zero-order chi connectivity index (χ0) is 20.5. The van der Waals surface area contributed by atoms with Crippen LogP contribution in [-0.4, -0.2) is 17.1 Å². The number of amides is 1. The van der Waals surface area contributed by atoms with Crippen LogP contribution in [0.25, 0.3) is 17.3 Å². The second kappa shape index (κ2) is 7.40. The Bertz CT molecular complexity index is 1140. The van der Waals surface area contributed by atoms with Crippen LogP contribution in [0.4, 0.5) is 5.69 Å². The molecule has 144 valence electrons. The van der Waals surface area contributed by atoms with Gasteiger partial charge in [0.05, 0.1) is 11.8 Å². The van der Waals surface area contributed by atoms with Crippen molar-refractivity contribution < 1.29 is 9.32 Å². The molecule has 0 fully saturated rings. The number of aryl methyl sites for hydroxylation is 1. The first-order chi connectivity index (χ1) is 14.0. The summed E-state index contributed by atoms with van der Waals surface area (Å²) in [5.41, 5.74) is 4.48. The van der Waals surface area contributed by atoms with Gasteiger partial charge in [-0.3, -0.25) is 9.69 Å². The maximum atomic E-state index is 13.7. The van der Waals surface area contributed by atoms with E-state index in [1.54, 1.807) is 13.0 Å². The number of carbonyl (C=O) groups is 1. The maximum Gasteiger partial charge on any atom is 0.265 e. The van der Waals surface area contributed by atoms with E-state index >= 15 is 0 Å². The second-order valence-electron chi connectivity index (χ2n) is 7.41. The molecule has 1 unspecified atom stereocenters. The monoisotopic (exact) mass is 383 g/mol. The van der Waals surface area contributed by atoms with E-state index in [4.69, 9.17) is 4.52 Å². The van der Waals surface area contributed by atoms with Crippen LogP contribution in [-0.2, 0) is 0 Å². The molecule has 1 amide bonds. The molecule has 0 bridgehead atoms. The first kappa shape index (κ1) is 18.7. The van der Waals surface area contributed by atoms with Gasteiger partial charge in [0, 0.05) is 5.56 Å². The van der Waals surface area contributed by atoms with Gasteiger partial charge < -0.3 is 4.52 Å². The fourth-order valence-electron chi connectivity index (χ4n) is 3.59. The molecule has 3 aromatic rings. The van der Waals surface area contributed by atoms with E-state index < -0.39 is 6.04 Å². The molecule has 1 aromatic heterocycles. The summed E-state index contributed by atoms with van der Waals surface area (Å²) in [6.07, 6.45) is 3.67. The molecular weight excluding hydrogens is 362 g/mol. The number of aromatic nitrogens is 1. The number of rotatable bonds is 3. The standard InChI is InChI=1S/C24H21N3O2/c1-15(2)18-10-12-21-19(13-18)9-11-20(14-25)27(21)24(28)22-16(3)29-26-23(22)17-7-5-4-6-8-17/h4-13,15,20H,1-3H3. The Labute approximate surface area is 169 Å². The third kappa shape index (κ3) is 3.23. The van der Waals surface area contributed by atoms with Crippen LogP contribution >= 0.6 is 0 Å². The van der Waals surface area contributed by atoms with E-state index in [0.717, 1.165) is 11.1 Å². The zero-order valence-corrected chi connectivity index (χ0v) is 16.6. The van der Waals surface area contributed by atoms with Crippen LogP contribution in [0.5, 0.6) is 0 Å². The number of nitrogens with zero attached hydrogens (tertiary/aromatic N) is 3. The van der Waals surface area contributed by atoms with E-state index in [2.05, 4.69) is 31.1 Å². The fraction of sp³-hybridized carbons (Fsp3) is 0.208. The minimum Gasteiger partial charge on any atom is -0.360 e. The molecule has 4 rings (SSSR count). The van der Waals surface area contributed by atoms with E-state index in [1.807, 2.05) is 48.5 Å². The van der Waals surface area contributed by atoms with Gasteiger partial charge in [0.2, 0.25) is 0 Å². The molecule has 2 heterocycles. The molecule has 1 aliphatic heterocycles. The van der Waals surface area contributed by atoms with Crippen molar-refractivity contribution in [2.75, 3.05) is 4.90 Å². The highest BCUT2D eigenvalue weighted by molar-refractivity contribution is 6.12. The molecule has 2 aromatic carbocycles. The SMILES string of the molecule is Cc1onc(-c2ccccc2)c1C(=O)N1c2ccc(C(C)C)cc2C=CC1C#N. The molecule has 0 aliphatic carbocycles. The van der Waals surface area contributed by atoms with E-state index in [0.29, 0.717) is 28.6 Å². The highest BCUT2D eigenvalue weighted by atomic mass is 16.5. The van der Waals surface area contributed by atoms with Gasteiger partial charge in [0.1, 0.15) is 23.1 Å². The predicted molar refractivity (Wildman–Crippen MR) is 112 cm³/mol. The van der Waals surface area contributed by atoms with Crippen molar-refractivity contribution in [1.29, 1.82) is 5.26 Å². The van der Waals surface area contributed by atoms with Gasteiger partial charge >= 0.3 is 0 Å². The van der Waals surface area contributed by atoms with Crippen molar-refractivity contribution >= 4 is 17.7 Å². The summed E-state index contributed by atoms with van der Waals surface area (Å²) in [6.45, 7) is 5.97. The topological polar surface area (TPSA) is 70.1 Å². The number of carbonyl (C=O) groups excluding carboxylic acids is 1.